The topological polar surface area (TPSA) is 41.1 Å². The van der Waals surface area contributed by atoms with E-state index in [-0.39, 0.29) is 0 Å². The van der Waals surface area contributed by atoms with Crippen molar-refractivity contribution in [2.45, 2.75) is 32.4 Å². The van der Waals surface area contributed by atoms with Crippen LogP contribution in [-0.4, -0.2) is 40.1 Å². The number of hydrogen-bond acceptors (Lipinski definition) is 5. The molecule has 0 aromatic carbocycles. The summed E-state index contributed by atoms with van der Waals surface area (Å²) in [6, 6.07) is 2.08. The van der Waals surface area contributed by atoms with Crippen LogP contribution in [0, 0.1) is 6.92 Å². The molecule has 18 heavy (non-hydrogen) atoms. The van der Waals surface area contributed by atoms with Gasteiger partial charge in [0.15, 0.2) is 0 Å². The molecule has 1 aromatic heterocycles. The van der Waals surface area contributed by atoms with Gasteiger partial charge >= 0.3 is 0 Å². The van der Waals surface area contributed by atoms with Gasteiger partial charge in [-0.25, -0.2) is 4.98 Å². The number of aromatic nitrogens is 2. The average Bonchev–Trinajstić information content (AvgIpc) is 2.27. The van der Waals surface area contributed by atoms with Gasteiger partial charge in [0.05, 0.1) is 0 Å². The summed E-state index contributed by atoms with van der Waals surface area (Å²) in [6.45, 7) is 11.6. The first kappa shape index (κ1) is 13.5. The standard InChI is InChI=1S/C13H22N4S/c1-5-14-12-15-10(2)8-11(16-12)17-6-7-18-13(3,4)9-17/h8H,5-7,9H2,1-4H3,(H,14,15,16). The second kappa shape index (κ2) is 5.34. The molecule has 0 unspecified atom stereocenters. The molecule has 0 bridgehead atoms. The Morgan fingerprint density at radius 1 is 1.44 bits per heavy atom. The highest BCUT2D eigenvalue weighted by Gasteiger charge is 2.28. The summed E-state index contributed by atoms with van der Waals surface area (Å²) in [5, 5.41) is 3.19. The van der Waals surface area contributed by atoms with E-state index >= 15 is 0 Å². The van der Waals surface area contributed by atoms with Crippen LogP contribution >= 0.6 is 11.8 Å². The number of nitrogens with one attached hydrogen (secondary N) is 1. The Hall–Kier alpha value is -0.970. The van der Waals surface area contributed by atoms with E-state index < -0.39 is 0 Å². The van der Waals surface area contributed by atoms with Gasteiger partial charge in [0.2, 0.25) is 5.95 Å². The van der Waals surface area contributed by atoms with Gasteiger partial charge in [-0.3, -0.25) is 0 Å². The van der Waals surface area contributed by atoms with E-state index in [4.69, 9.17) is 0 Å². The molecule has 1 N–H and O–H groups in total. The fourth-order valence-electron chi connectivity index (χ4n) is 2.16. The van der Waals surface area contributed by atoms with Gasteiger partial charge in [0.25, 0.3) is 0 Å². The van der Waals surface area contributed by atoms with E-state index in [1.807, 2.05) is 18.7 Å². The Balaban J connectivity index is 2.21. The Morgan fingerprint density at radius 2 is 2.22 bits per heavy atom. The van der Waals surface area contributed by atoms with Gasteiger partial charge in [-0.2, -0.15) is 16.7 Å². The van der Waals surface area contributed by atoms with Gasteiger partial charge in [-0.1, -0.05) is 0 Å². The molecule has 0 atom stereocenters. The lowest BCUT2D eigenvalue weighted by atomic mass is 10.2. The van der Waals surface area contributed by atoms with Crippen LogP contribution in [0.15, 0.2) is 6.07 Å². The molecule has 0 saturated carbocycles. The van der Waals surface area contributed by atoms with Gasteiger partial charge in [-0.15, -0.1) is 0 Å². The highest BCUT2D eigenvalue weighted by atomic mass is 32.2. The molecule has 1 fully saturated rings. The molecule has 0 aliphatic carbocycles. The minimum atomic E-state index is 0.301. The SMILES string of the molecule is CCNc1nc(C)cc(N2CCSC(C)(C)C2)n1. The zero-order valence-corrected chi connectivity index (χ0v) is 12.5. The summed E-state index contributed by atoms with van der Waals surface area (Å²) in [6.07, 6.45) is 0. The third-order valence-electron chi connectivity index (χ3n) is 2.93. The van der Waals surface area contributed by atoms with Gasteiger partial charge in [0, 0.05) is 41.9 Å². The molecule has 4 nitrogen and oxygen atoms in total. The fourth-order valence-corrected chi connectivity index (χ4v) is 3.27. The summed E-state index contributed by atoms with van der Waals surface area (Å²) in [7, 11) is 0. The van der Waals surface area contributed by atoms with Crippen LogP contribution in [0.1, 0.15) is 26.5 Å². The molecule has 1 aliphatic heterocycles. The largest absolute Gasteiger partial charge is 0.354 e. The van der Waals surface area contributed by atoms with Crippen molar-refractivity contribution in [3.63, 3.8) is 0 Å². The first-order chi connectivity index (χ1) is 8.50. The Bertz CT molecular complexity index is 419. The molecule has 0 spiro atoms. The van der Waals surface area contributed by atoms with Crippen molar-refractivity contribution in [1.29, 1.82) is 0 Å². The van der Waals surface area contributed by atoms with Gasteiger partial charge in [0.1, 0.15) is 5.82 Å². The second-order valence-electron chi connectivity index (χ2n) is 5.25. The molecule has 0 radical (unpaired) electrons. The first-order valence-electron chi connectivity index (χ1n) is 6.48. The summed E-state index contributed by atoms with van der Waals surface area (Å²) in [5.74, 6) is 2.95. The monoisotopic (exact) mass is 266 g/mol. The number of rotatable bonds is 3. The third-order valence-corrected chi connectivity index (χ3v) is 4.22. The van der Waals surface area contributed by atoms with E-state index in [1.54, 1.807) is 0 Å². The lowest BCUT2D eigenvalue weighted by Gasteiger charge is -2.38. The van der Waals surface area contributed by atoms with Crippen molar-refractivity contribution >= 4 is 23.5 Å². The summed E-state index contributed by atoms with van der Waals surface area (Å²) >= 11 is 2.04. The molecule has 0 amide bonds. The molecular formula is C13H22N4S. The van der Waals surface area contributed by atoms with Crippen LogP contribution in [0.3, 0.4) is 0 Å². The fraction of sp³-hybridized carbons (Fsp3) is 0.692. The van der Waals surface area contributed by atoms with E-state index in [0.29, 0.717) is 4.75 Å². The van der Waals surface area contributed by atoms with E-state index in [9.17, 15) is 0 Å². The molecule has 5 heteroatoms. The van der Waals surface area contributed by atoms with Gasteiger partial charge < -0.3 is 10.2 Å². The lowest BCUT2D eigenvalue weighted by molar-refractivity contribution is 0.641. The minimum absolute atomic E-state index is 0.301. The van der Waals surface area contributed by atoms with Crippen molar-refractivity contribution in [3.8, 4) is 0 Å². The minimum Gasteiger partial charge on any atom is -0.354 e. The van der Waals surface area contributed by atoms with Crippen molar-refractivity contribution < 1.29 is 0 Å². The van der Waals surface area contributed by atoms with Crippen molar-refractivity contribution in [2.24, 2.45) is 0 Å². The van der Waals surface area contributed by atoms with Crippen molar-refractivity contribution in [3.05, 3.63) is 11.8 Å². The molecular weight excluding hydrogens is 244 g/mol. The number of thioether (sulfide) groups is 1. The number of hydrogen-bond donors (Lipinski definition) is 1. The second-order valence-corrected chi connectivity index (χ2v) is 7.05. The number of nitrogens with zero attached hydrogens (tertiary/aromatic N) is 3. The predicted octanol–water partition coefficient (Wildman–Crippen LogP) is 2.55. The van der Waals surface area contributed by atoms with Crippen LogP contribution in [0.5, 0.6) is 0 Å². The first-order valence-corrected chi connectivity index (χ1v) is 7.47. The van der Waals surface area contributed by atoms with Crippen molar-refractivity contribution in [2.75, 3.05) is 35.6 Å². The van der Waals surface area contributed by atoms with Crippen LogP contribution in [0.25, 0.3) is 0 Å². The maximum absolute atomic E-state index is 4.61. The Kier molecular flexibility index (Phi) is 4.00. The predicted molar refractivity (Wildman–Crippen MR) is 79.7 cm³/mol. The molecule has 1 aromatic rings. The maximum Gasteiger partial charge on any atom is 0.224 e. The zero-order valence-electron chi connectivity index (χ0n) is 11.7. The quantitative estimate of drug-likeness (QED) is 0.910. The molecule has 1 saturated heterocycles. The van der Waals surface area contributed by atoms with Crippen molar-refractivity contribution in [1.82, 2.24) is 9.97 Å². The van der Waals surface area contributed by atoms with Gasteiger partial charge in [-0.05, 0) is 27.7 Å². The van der Waals surface area contributed by atoms with E-state index in [0.717, 1.165) is 42.8 Å². The van der Waals surface area contributed by atoms with E-state index in [1.165, 1.54) is 0 Å². The highest BCUT2D eigenvalue weighted by Crippen LogP contribution is 2.31. The third kappa shape index (κ3) is 3.28. The summed E-state index contributed by atoms with van der Waals surface area (Å²) < 4.78 is 0.301. The highest BCUT2D eigenvalue weighted by molar-refractivity contribution is 8.00. The molecule has 2 heterocycles. The smallest absolute Gasteiger partial charge is 0.224 e. The number of aryl methyl sites for hydroxylation is 1. The molecule has 2 rings (SSSR count). The number of anilines is 2. The normalized spacial score (nSPS) is 18.8. The van der Waals surface area contributed by atoms with Crippen LogP contribution < -0.4 is 10.2 Å². The maximum atomic E-state index is 4.61. The zero-order chi connectivity index (χ0) is 13.2. The lowest BCUT2D eigenvalue weighted by Crippen LogP contribution is -2.43. The molecule has 1 aliphatic rings. The Labute approximate surface area is 114 Å². The van der Waals surface area contributed by atoms with Crippen LogP contribution in [-0.2, 0) is 0 Å². The Morgan fingerprint density at radius 3 is 2.89 bits per heavy atom. The summed E-state index contributed by atoms with van der Waals surface area (Å²) in [5.41, 5.74) is 1.02. The van der Waals surface area contributed by atoms with Crippen LogP contribution in [0.4, 0.5) is 11.8 Å². The molecule has 100 valence electrons. The average molecular weight is 266 g/mol. The van der Waals surface area contributed by atoms with E-state index in [2.05, 4.69) is 47.0 Å². The van der Waals surface area contributed by atoms with Crippen LogP contribution in [0.2, 0.25) is 0 Å². The summed E-state index contributed by atoms with van der Waals surface area (Å²) in [4.78, 5) is 11.4.